The SMILES string of the molecule is Cc1oc2cc(OCC(O)CSC(=S)N3CCC(Cc4ccccc4)CC3)ccc2c(=O)c1C. The number of aliphatic hydroxyl groups excluding tert-OH is 1. The molecule has 1 aromatic heterocycles. The van der Waals surface area contributed by atoms with Crippen molar-refractivity contribution in [3.05, 3.63) is 75.6 Å². The molecule has 1 unspecified atom stereocenters. The van der Waals surface area contributed by atoms with Crippen molar-refractivity contribution < 1.29 is 14.3 Å². The molecule has 5 nitrogen and oxygen atoms in total. The molecule has 4 rings (SSSR count). The Hall–Kier alpha value is -2.35. The van der Waals surface area contributed by atoms with Crippen LogP contribution in [0, 0.1) is 19.8 Å². The Bertz CT molecular complexity index is 1190. The maximum Gasteiger partial charge on any atom is 0.195 e. The lowest BCUT2D eigenvalue weighted by Gasteiger charge is -2.33. The van der Waals surface area contributed by atoms with Crippen LogP contribution < -0.4 is 10.2 Å². The second-order valence-electron chi connectivity index (χ2n) is 8.93. The molecule has 0 amide bonds. The number of fused-ring (bicyclic) bond motifs is 1. The van der Waals surface area contributed by atoms with Crippen LogP contribution in [0.3, 0.4) is 0 Å². The third-order valence-corrected chi connectivity index (χ3v) is 8.08. The molecule has 1 saturated heterocycles. The van der Waals surface area contributed by atoms with Crippen LogP contribution in [-0.2, 0) is 6.42 Å². The molecule has 2 aromatic carbocycles. The fraction of sp³-hybridized carbons (Fsp3) is 0.407. The van der Waals surface area contributed by atoms with Gasteiger partial charge in [0.25, 0.3) is 0 Å². The molecule has 1 aliphatic rings. The number of thioether (sulfide) groups is 1. The van der Waals surface area contributed by atoms with Crippen LogP contribution in [0.2, 0.25) is 0 Å². The Morgan fingerprint density at radius 2 is 1.94 bits per heavy atom. The van der Waals surface area contributed by atoms with Crippen molar-refractivity contribution in [1.82, 2.24) is 4.90 Å². The zero-order chi connectivity index (χ0) is 24.1. The lowest BCUT2D eigenvalue weighted by Crippen LogP contribution is -2.37. The van der Waals surface area contributed by atoms with Gasteiger partial charge in [-0.05, 0) is 56.7 Å². The van der Waals surface area contributed by atoms with Crippen LogP contribution in [-0.4, -0.2) is 45.9 Å². The third kappa shape index (κ3) is 6.20. The van der Waals surface area contributed by atoms with Gasteiger partial charge >= 0.3 is 0 Å². The van der Waals surface area contributed by atoms with E-state index in [1.54, 1.807) is 32.0 Å². The van der Waals surface area contributed by atoms with Gasteiger partial charge in [-0.15, -0.1) is 0 Å². The Morgan fingerprint density at radius 3 is 2.68 bits per heavy atom. The minimum absolute atomic E-state index is 0.0284. The van der Waals surface area contributed by atoms with Crippen LogP contribution in [0.5, 0.6) is 5.75 Å². The molecule has 0 spiro atoms. The van der Waals surface area contributed by atoms with Gasteiger partial charge in [-0.2, -0.15) is 0 Å². The number of thiocarbonyl (C=S) groups is 1. The highest BCUT2D eigenvalue weighted by molar-refractivity contribution is 8.22. The number of hydrogen-bond acceptors (Lipinski definition) is 6. The smallest absolute Gasteiger partial charge is 0.195 e. The van der Waals surface area contributed by atoms with Crippen LogP contribution in [0.1, 0.15) is 29.7 Å². The van der Waals surface area contributed by atoms with Gasteiger partial charge in [0, 0.05) is 30.5 Å². The summed E-state index contributed by atoms with van der Waals surface area (Å²) in [5.41, 5.74) is 2.48. The van der Waals surface area contributed by atoms with Crippen molar-refractivity contribution in [2.75, 3.05) is 25.4 Å². The van der Waals surface area contributed by atoms with Crippen LogP contribution in [0.25, 0.3) is 11.0 Å². The normalized spacial score (nSPS) is 15.4. The Labute approximate surface area is 210 Å². The number of hydrogen-bond donors (Lipinski definition) is 1. The molecule has 1 fully saturated rings. The molecular formula is C27H31NO4S2. The summed E-state index contributed by atoms with van der Waals surface area (Å²) in [5.74, 6) is 2.34. The van der Waals surface area contributed by atoms with Crippen molar-refractivity contribution in [3.8, 4) is 5.75 Å². The van der Waals surface area contributed by atoms with Gasteiger partial charge in [0.05, 0.1) is 11.5 Å². The zero-order valence-electron chi connectivity index (χ0n) is 19.7. The maximum absolute atomic E-state index is 12.3. The maximum atomic E-state index is 12.3. The van der Waals surface area contributed by atoms with Crippen LogP contribution >= 0.6 is 24.0 Å². The largest absolute Gasteiger partial charge is 0.491 e. The number of nitrogens with zero attached hydrogens (tertiary/aromatic N) is 1. The number of piperidine rings is 1. The van der Waals surface area contributed by atoms with E-state index in [0.717, 1.165) is 36.7 Å². The Balaban J connectivity index is 1.20. The van der Waals surface area contributed by atoms with E-state index in [1.807, 2.05) is 0 Å². The van der Waals surface area contributed by atoms with Crippen LogP contribution in [0.4, 0.5) is 0 Å². The van der Waals surface area contributed by atoms with E-state index in [-0.39, 0.29) is 12.0 Å². The quantitative estimate of drug-likeness (QED) is 0.455. The minimum Gasteiger partial charge on any atom is -0.491 e. The number of aryl methyl sites for hydroxylation is 1. The first-order valence-corrected chi connectivity index (χ1v) is 13.1. The van der Waals surface area contributed by atoms with Gasteiger partial charge in [-0.25, -0.2) is 0 Å². The van der Waals surface area contributed by atoms with Crippen molar-refractivity contribution in [2.45, 2.75) is 39.2 Å². The predicted molar refractivity (Wildman–Crippen MR) is 143 cm³/mol. The fourth-order valence-corrected chi connectivity index (χ4v) is 5.42. The van der Waals surface area contributed by atoms with Gasteiger partial charge in [-0.3, -0.25) is 4.79 Å². The molecule has 0 bridgehead atoms. The summed E-state index contributed by atoms with van der Waals surface area (Å²) in [6.07, 6.45) is 2.75. The molecule has 1 N–H and O–H groups in total. The fourth-order valence-electron chi connectivity index (χ4n) is 4.23. The van der Waals surface area contributed by atoms with Gasteiger partial charge in [0.2, 0.25) is 0 Å². The van der Waals surface area contributed by atoms with E-state index >= 15 is 0 Å². The summed E-state index contributed by atoms with van der Waals surface area (Å²) in [6.45, 7) is 5.62. The zero-order valence-corrected chi connectivity index (χ0v) is 21.3. The monoisotopic (exact) mass is 497 g/mol. The predicted octanol–water partition coefficient (Wildman–Crippen LogP) is 5.12. The lowest BCUT2D eigenvalue weighted by molar-refractivity contribution is 0.126. The second kappa shape index (κ2) is 11.4. The highest BCUT2D eigenvalue weighted by Crippen LogP contribution is 2.25. The molecule has 0 saturated carbocycles. The van der Waals surface area contributed by atoms with E-state index in [2.05, 4.69) is 35.2 Å². The number of ether oxygens (including phenoxy) is 1. The minimum atomic E-state index is -0.652. The molecule has 180 valence electrons. The number of likely N-dealkylation sites (tertiary alicyclic amines) is 1. The number of benzene rings is 2. The van der Waals surface area contributed by atoms with E-state index in [0.29, 0.717) is 39.7 Å². The van der Waals surface area contributed by atoms with E-state index in [4.69, 9.17) is 21.4 Å². The van der Waals surface area contributed by atoms with Crippen molar-refractivity contribution >= 4 is 39.3 Å². The summed E-state index contributed by atoms with van der Waals surface area (Å²) in [6, 6.07) is 15.8. The summed E-state index contributed by atoms with van der Waals surface area (Å²) in [5, 5.41) is 10.9. The van der Waals surface area contributed by atoms with Gasteiger partial charge in [-0.1, -0.05) is 54.3 Å². The molecule has 2 heterocycles. The summed E-state index contributed by atoms with van der Waals surface area (Å²) in [7, 11) is 0. The van der Waals surface area contributed by atoms with E-state index in [9.17, 15) is 9.90 Å². The molecule has 0 aliphatic carbocycles. The highest BCUT2D eigenvalue weighted by atomic mass is 32.2. The average Bonchev–Trinajstić information content (AvgIpc) is 2.85. The van der Waals surface area contributed by atoms with Crippen LogP contribution in [0.15, 0.2) is 57.7 Å². The molecule has 3 aromatic rings. The van der Waals surface area contributed by atoms with E-state index in [1.165, 1.54) is 17.3 Å². The van der Waals surface area contributed by atoms with Gasteiger partial charge in [0.15, 0.2) is 5.43 Å². The lowest BCUT2D eigenvalue weighted by atomic mass is 9.90. The first-order chi connectivity index (χ1) is 16.4. The van der Waals surface area contributed by atoms with Gasteiger partial charge in [0.1, 0.15) is 28.0 Å². The topological polar surface area (TPSA) is 62.9 Å². The number of rotatable bonds is 7. The molecule has 1 aliphatic heterocycles. The van der Waals surface area contributed by atoms with E-state index < -0.39 is 6.10 Å². The Kier molecular flexibility index (Phi) is 8.29. The molecule has 7 heteroatoms. The summed E-state index contributed by atoms with van der Waals surface area (Å²) >= 11 is 7.13. The highest BCUT2D eigenvalue weighted by Gasteiger charge is 2.22. The summed E-state index contributed by atoms with van der Waals surface area (Å²) in [4.78, 5) is 14.6. The summed E-state index contributed by atoms with van der Waals surface area (Å²) < 4.78 is 12.3. The third-order valence-electron chi connectivity index (χ3n) is 6.41. The number of aliphatic hydroxyl groups is 1. The average molecular weight is 498 g/mol. The first-order valence-electron chi connectivity index (χ1n) is 11.7. The standard InChI is InChI=1S/C27H31NO4S2/c1-18-19(2)32-25-15-23(8-9-24(25)26(18)30)31-16-22(29)17-34-27(33)28-12-10-21(11-13-28)14-20-6-4-3-5-7-20/h3-9,15,21-22,29H,10-14,16-17H2,1-2H3. The molecule has 34 heavy (non-hydrogen) atoms. The second-order valence-corrected chi connectivity index (χ2v) is 10.6. The van der Waals surface area contributed by atoms with Gasteiger partial charge < -0.3 is 19.2 Å². The Morgan fingerprint density at radius 1 is 1.21 bits per heavy atom. The first kappa shape index (κ1) is 24.8. The molecule has 0 radical (unpaired) electrons. The molecule has 1 atom stereocenters. The molecular weight excluding hydrogens is 466 g/mol. The van der Waals surface area contributed by atoms with Crippen molar-refractivity contribution in [1.29, 1.82) is 0 Å². The van der Waals surface area contributed by atoms with Crippen molar-refractivity contribution in [2.24, 2.45) is 5.92 Å². The van der Waals surface area contributed by atoms with Crippen molar-refractivity contribution in [3.63, 3.8) is 0 Å².